The van der Waals surface area contributed by atoms with Gasteiger partial charge in [0, 0.05) is 13.1 Å². The zero-order valence-corrected chi connectivity index (χ0v) is 18.7. The molecule has 2 rings (SSSR count). The SMILES string of the molecule is CC(C)(C)OC(=O)NCCNNc1c(Cl)cccc1Cl.O=COCc1ccccc1. The van der Waals surface area contributed by atoms with Crippen LogP contribution in [0.25, 0.3) is 0 Å². The van der Waals surface area contributed by atoms with Gasteiger partial charge in [-0.05, 0) is 38.5 Å². The maximum atomic E-state index is 11.4. The molecular weight excluding hydrogens is 429 g/mol. The van der Waals surface area contributed by atoms with Crippen molar-refractivity contribution in [3.05, 3.63) is 64.1 Å². The van der Waals surface area contributed by atoms with E-state index < -0.39 is 11.7 Å². The fourth-order valence-corrected chi connectivity index (χ4v) is 2.51. The number of carbonyl (C=O) groups is 2. The van der Waals surface area contributed by atoms with E-state index in [1.54, 1.807) is 18.2 Å². The Kier molecular flexibility index (Phi) is 11.7. The van der Waals surface area contributed by atoms with Crippen molar-refractivity contribution in [1.29, 1.82) is 0 Å². The van der Waals surface area contributed by atoms with Crippen LogP contribution in [0.5, 0.6) is 0 Å². The molecule has 7 nitrogen and oxygen atoms in total. The Morgan fingerprint density at radius 3 is 2.20 bits per heavy atom. The number of benzene rings is 2. The summed E-state index contributed by atoms with van der Waals surface area (Å²) in [6, 6.07) is 14.8. The van der Waals surface area contributed by atoms with Crippen molar-refractivity contribution in [2.45, 2.75) is 33.0 Å². The first-order chi connectivity index (χ1) is 14.2. The Morgan fingerprint density at radius 1 is 1.00 bits per heavy atom. The van der Waals surface area contributed by atoms with Gasteiger partial charge in [0.1, 0.15) is 12.2 Å². The fourth-order valence-electron chi connectivity index (χ4n) is 2.01. The number of halogens is 2. The van der Waals surface area contributed by atoms with E-state index in [9.17, 15) is 9.59 Å². The molecule has 2 aromatic carbocycles. The summed E-state index contributed by atoms with van der Waals surface area (Å²) in [7, 11) is 0. The summed E-state index contributed by atoms with van der Waals surface area (Å²) in [6.45, 7) is 7.14. The number of amides is 1. The molecule has 3 N–H and O–H groups in total. The molecule has 0 radical (unpaired) electrons. The van der Waals surface area contributed by atoms with Crippen LogP contribution < -0.4 is 16.2 Å². The number of nitrogens with one attached hydrogen (secondary N) is 3. The monoisotopic (exact) mass is 455 g/mol. The van der Waals surface area contributed by atoms with E-state index in [-0.39, 0.29) is 0 Å². The molecule has 0 heterocycles. The minimum absolute atomic E-state index is 0.365. The zero-order chi connectivity index (χ0) is 22.4. The van der Waals surface area contributed by atoms with Gasteiger partial charge in [0.25, 0.3) is 6.47 Å². The highest BCUT2D eigenvalue weighted by Crippen LogP contribution is 2.28. The van der Waals surface area contributed by atoms with Crippen LogP contribution in [0.4, 0.5) is 10.5 Å². The second-order valence-corrected chi connectivity index (χ2v) is 7.78. The zero-order valence-electron chi connectivity index (χ0n) is 17.2. The first-order valence-corrected chi connectivity index (χ1v) is 9.97. The van der Waals surface area contributed by atoms with Gasteiger partial charge in [0.05, 0.1) is 15.7 Å². The number of hydrogen-bond donors (Lipinski definition) is 3. The molecule has 0 aliphatic rings. The van der Waals surface area contributed by atoms with Gasteiger partial charge in [0.2, 0.25) is 0 Å². The first kappa shape index (κ1) is 25.6. The van der Waals surface area contributed by atoms with E-state index in [1.807, 2.05) is 51.1 Å². The van der Waals surface area contributed by atoms with Crippen LogP contribution in [0.1, 0.15) is 26.3 Å². The average Bonchev–Trinajstić information content (AvgIpc) is 2.68. The number of rotatable bonds is 8. The molecule has 0 bridgehead atoms. The summed E-state index contributed by atoms with van der Waals surface area (Å²) < 4.78 is 9.64. The number of hydrogen-bond acceptors (Lipinski definition) is 6. The Hall–Kier alpha value is -2.48. The van der Waals surface area contributed by atoms with Gasteiger partial charge in [-0.25, -0.2) is 10.2 Å². The number of hydrazine groups is 1. The van der Waals surface area contributed by atoms with E-state index in [0.717, 1.165) is 5.56 Å². The van der Waals surface area contributed by atoms with E-state index in [1.165, 1.54) is 0 Å². The highest BCUT2D eigenvalue weighted by molar-refractivity contribution is 6.39. The summed E-state index contributed by atoms with van der Waals surface area (Å²) in [5.74, 6) is 0. The van der Waals surface area contributed by atoms with E-state index in [0.29, 0.717) is 41.9 Å². The number of anilines is 1. The summed E-state index contributed by atoms with van der Waals surface area (Å²) in [5, 5.41) is 3.66. The molecule has 0 aliphatic heterocycles. The summed E-state index contributed by atoms with van der Waals surface area (Å²) >= 11 is 12.0. The second kappa shape index (κ2) is 13.7. The third kappa shape index (κ3) is 11.5. The lowest BCUT2D eigenvalue weighted by molar-refractivity contribution is -0.129. The lowest BCUT2D eigenvalue weighted by Gasteiger charge is -2.19. The van der Waals surface area contributed by atoms with Crippen LogP contribution >= 0.6 is 23.2 Å². The quantitative estimate of drug-likeness (QED) is 0.301. The van der Waals surface area contributed by atoms with Gasteiger partial charge in [-0.1, -0.05) is 59.6 Å². The van der Waals surface area contributed by atoms with E-state index >= 15 is 0 Å². The third-order valence-corrected chi connectivity index (χ3v) is 3.89. The molecule has 0 saturated carbocycles. The van der Waals surface area contributed by atoms with Crippen molar-refractivity contribution in [2.24, 2.45) is 0 Å². The first-order valence-electron chi connectivity index (χ1n) is 9.22. The molecular formula is C21H27Cl2N3O4. The highest BCUT2D eigenvalue weighted by Gasteiger charge is 2.15. The van der Waals surface area contributed by atoms with E-state index in [2.05, 4.69) is 20.9 Å². The van der Waals surface area contributed by atoms with Crippen molar-refractivity contribution in [1.82, 2.24) is 10.7 Å². The highest BCUT2D eigenvalue weighted by atomic mass is 35.5. The van der Waals surface area contributed by atoms with Gasteiger partial charge in [-0.15, -0.1) is 0 Å². The van der Waals surface area contributed by atoms with Crippen molar-refractivity contribution in [3.63, 3.8) is 0 Å². The van der Waals surface area contributed by atoms with Gasteiger partial charge in [0.15, 0.2) is 0 Å². The molecule has 0 aliphatic carbocycles. The van der Waals surface area contributed by atoms with Crippen LogP contribution in [0.2, 0.25) is 10.0 Å². The van der Waals surface area contributed by atoms with Crippen LogP contribution in [-0.2, 0) is 20.9 Å². The van der Waals surface area contributed by atoms with Gasteiger partial charge in [-0.2, -0.15) is 0 Å². The number of ether oxygens (including phenoxy) is 2. The molecule has 0 atom stereocenters. The summed E-state index contributed by atoms with van der Waals surface area (Å²) in [6.07, 6.45) is -0.449. The largest absolute Gasteiger partial charge is 0.463 e. The standard InChI is InChI=1S/C13H19Cl2N3O2.C8H8O2/c1-13(2,3)20-12(19)16-7-8-17-18-11-9(14)5-4-6-10(11)15;9-7-10-6-8-4-2-1-3-5-8/h4-6,17-18H,7-8H2,1-3H3,(H,16,19);1-5,7H,6H2. The molecule has 2 aromatic rings. The maximum Gasteiger partial charge on any atom is 0.407 e. The Labute approximate surface area is 187 Å². The lowest BCUT2D eigenvalue weighted by atomic mass is 10.2. The van der Waals surface area contributed by atoms with Crippen molar-refractivity contribution in [2.75, 3.05) is 18.5 Å². The normalized spacial score (nSPS) is 10.3. The minimum Gasteiger partial charge on any atom is -0.463 e. The number of carbonyl (C=O) groups excluding carboxylic acids is 2. The number of para-hydroxylation sites is 1. The van der Waals surface area contributed by atoms with Crippen molar-refractivity contribution >= 4 is 41.5 Å². The Bertz CT molecular complexity index is 763. The van der Waals surface area contributed by atoms with Crippen LogP contribution in [0.15, 0.2) is 48.5 Å². The molecule has 164 valence electrons. The van der Waals surface area contributed by atoms with Crippen LogP contribution in [-0.4, -0.2) is 31.3 Å². The lowest BCUT2D eigenvalue weighted by Crippen LogP contribution is -2.37. The van der Waals surface area contributed by atoms with Crippen molar-refractivity contribution in [3.8, 4) is 0 Å². The number of alkyl carbamates (subject to hydrolysis) is 1. The molecule has 0 saturated heterocycles. The molecule has 0 fully saturated rings. The molecule has 0 spiro atoms. The molecule has 9 heteroatoms. The van der Waals surface area contributed by atoms with Crippen LogP contribution in [0, 0.1) is 0 Å². The Balaban J connectivity index is 0.000000375. The van der Waals surface area contributed by atoms with Gasteiger partial charge in [-0.3, -0.25) is 4.79 Å². The fraction of sp³-hybridized carbons (Fsp3) is 0.333. The van der Waals surface area contributed by atoms with Crippen LogP contribution in [0.3, 0.4) is 0 Å². The van der Waals surface area contributed by atoms with E-state index in [4.69, 9.17) is 27.9 Å². The van der Waals surface area contributed by atoms with Gasteiger partial charge >= 0.3 is 6.09 Å². The summed E-state index contributed by atoms with van der Waals surface area (Å²) in [4.78, 5) is 21.1. The van der Waals surface area contributed by atoms with Crippen molar-refractivity contribution < 1.29 is 19.1 Å². The molecule has 1 amide bonds. The minimum atomic E-state index is -0.499. The predicted molar refractivity (Wildman–Crippen MR) is 120 cm³/mol. The predicted octanol–water partition coefficient (Wildman–Crippen LogP) is 4.79. The Morgan fingerprint density at radius 2 is 1.63 bits per heavy atom. The topological polar surface area (TPSA) is 88.7 Å². The average molecular weight is 456 g/mol. The molecule has 0 aromatic heterocycles. The van der Waals surface area contributed by atoms with Gasteiger partial charge < -0.3 is 20.2 Å². The summed E-state index contributed by atoms with van der Waals surface area (Å²) in [5.41, 5.74) is 6.92. The molecule has 30 heavy (non-hydrogen) atoms. The second-order valence-electron chi connectivity index (χ2n) is 6.97. The molecule has 0 unspecified atom stereocenters. The maximum absolute atomic E-state index is 11.4. The smallest absolute Gasteiger partial charge is 0.407 e. The third-order valence-electron chi connectivity index (χ3n) is 3.26.